The highest BCUT2D eigenvalue weighted by molar-refractivity contribution is 7.92. The summed E-state index contributed by atoms with van der Waals surface area (Å²) in [4.78, 5) is 38.9. The molecule has 9 nitrogen and oxygen atoms in total. The largest absolute Gasteiger partial charge is 0.452 e. The molecule has 0 spiro atoms. The average molecular weight is 669 g/mol. The second-order valence-corrected chi connectivity index (χ2v) is 15.4. The van der Waals surface area contributed by atoms with Gasteiger partial charge in [0.15, 0.2) is 17.1 Å². The van der Waals surface area contributed by atoms with Crippen LogP contribution < -0.4 is 15.1 Å². The zero-order valence-electron chi connectivity index (χ0n) is 26.8. The minimum Gasteiger partial charge on any atom is -0.452 e. The predicted octanol–water partition coefficient (Wildman–Crippen LogP) is 8.01. The maximum absolute atomic E-state index is 14.4. The molecule has 2 aliphatic carbocycles. The lowest BCUT2D eigenvalue weighted by Crippen LogP contribution is -2.30. The lowest BCUT2D eigenvalue weighted by Gasteiger charge is -2.30. The lowest BCUT2D eigenvalue weighted by molar-refractivity contribution is 0.101. The highest BCUT2D eigenvalue weighted by atomic mass is 32.2. The summed E-state index contributed by atoms with van der Waals surface area (Å²) in [5.41, 5.74) is 4.71. The Kier molecular flexibility index (Phi) is 8.00. The van der Waals surface area contributed by atoms with Crippen LogP contribution in [0, 0.1) is 12.8 Å². The maximum Gasteiger partial charge on any atom is 0.229 e. The van der Waals surface area contributed by atoms with Crippen LogP contribution in [0.4, 0.5) is 11.4 Å². The van der Waals surface area contributed by atoms with Gasteiger partial charge in [0.25, 0.3) is 0 Å². The van der Waals surface area contributed by atoms with Gasteiger partial charge >= 0.3 is 0 Å². The van der Waals surface area contributed by atoms with Crippen molar-refractivity contribution in [2.75, 3.05) is 29.0 Å². The summed E-state index contributed by atoms with van der Waals surface area (Å²) in [5, 5.41) is 1.09. The Hall–Kier alpha value is -4.35. The van der Waals surface area contributed by atoms with Crippen LogP contribution in [0.15, 0.2) is 57.7 Å². The topological polar surface area (TPSA) is 122 Å². The molecule has 3 aromatic carbocycles. The first-order valence-electron chi connectivity index (χ1n) is 16.0. The van der Waals surface area contributed by atoms with Crippen molar-refractivity contribution in [3.05, 3.63) is 69.9 Å². The molecule has 1 aromatic heterocycles. The summed E-state index contributed by atoms with van der Waals surface area (Å²) < 4.78 is 34.7. The third-order valence-corrected chi connectivity index (χ3v) is 10.8. The number of rotatable bonds is 8. The molecule has 2 heterocycles. The Balaban J connectivity index is 1.49. The Morgan fingerprint density at radius 1 is 1.06 bits per heavy atom. The van der Waals surface area contributed by atoms with Crippen molar-refractivity contribution < 1.29 is 17.6 Å². The van der Waals surface area contributed by atoms with Crippen LogP contribution in [0.3, 0.4) is 0 Å². The van der Waals surface area contributed by atoms with Crippen LogP contribution in [0.5, 0.6) is 0 Å². The molecule has 0 amide bonds. The number of carbonyl (C=O) groups is 1. The van der Waals surface area contributed by atoms with Gasteiger partial charge in [-0.1, -0.05) is 31.4 Å². The van der Waals surface area contributed by atoms with Gasteiger partial charge in [-0.2, -0.15) is 0 Å². The van der Waals surface area contributed by atoms with E-state index in [2.05, 4.69) is 16.5 Å². The number of sulfonamides is 1. The second kappa shape index (κ2) is 12.0. The van der Waals surface area contributed by atoms with E-state index in [-0.39, 0.29) is 28.2 Å². The molecule has 0 unspecified atom stereocenters. The summed E-state index contributed by atoms with van der Waals surface area (Å²) in [6.45, 7) is 7.37. The smallest absolute Gasteiger partial charge is 0.229 e. The number of aryl methyl sites for hydroxylation is 1. The molecule has 0 bridgehead atoms. The molecule has 1 fully saturated rings. The van der Waals surface area contributed by atoms with E-state index in [4.69, 9.17) is 14.4 Å². The maximum atomic E-state index is 14.4. The minimum atomic E-state index is -3.67. The Morgan fingerprint density at radius 2 is 1.85 bits per heavy atom. The molecule has 4 aromatic rings. The number of Topliss-reactive ketones (excluding diaryl/α,β-unsaturated/α-hetero) is 1. The molecule has 7 rings (SSSR count). The van der Waals surface area contributed by atoms with E-state index >= 15 is 0 Å². The van der Waals surface area contributed by atoms with E-state index in [1.807, 2.05) is 37.3 Å². The molecular weight excluding hydrogens is 633 g/mol. The molecule has 3 aliphatic rings. The minimum absolute atomic E-state index is 0.0444. The van der Waals surface area contributed by atoms with Crippen LogP contribution in [-0.4, -0.2) is 43.5 Å². The number of fused-ring (bicyclic) bond motifs is 5. The van der Waals surface area contributed by atoms with Gasteiger partial charge in [-0.3, -0.25) is 14.3 Å². The first kappa shape index (κ1) is 31.3. The summed E-state index contributed by atoms with van der Waals surface area (Å²) in [7, 11) is -3.67. The Labute approximate surface area is 277 Å². The van der Waals surface area contributed by atoms with E-state index in [1.165, 1.54) is 50.4 Å². The van der Waals surface area contributed by atoms with E-state index < -0.39 is 10.0 Å². The molecule has 47 heavy (non-hydrogen) atoms. The van der Waals surface area contributed by atoms with Crippen molar-refractivity contribution >= 4 is 70.6 Å². The van der Waals surface area contributed by atoms with Gasteiger partial charge in [-0.05, 0) is 75.4 Å². The highest BCUT2D eigenvalue weighted by Gasteiger charge is 2.28. The van der Waals surface area contributed by atoms with Crippen LogP contribution in [-0.2, 0) is 10.0 Å². The van der Waals surface area contributed by atoms with E-state index in [9.17, 15) is 18.0 Å². The molecule has 1 saturated carbocycles. The fraction of sp³-hybridized carbons (Fsp3) is 0.333. The molecule has 1 N–H and O–H groups in total. The second-order valence-electron chi connectivity index (χ2n) is 12.6. The van der Waals surface area contributed by atoms with E-state index in [1.54, 1.807) is 18.2 Å². The number of thiazole rings is 1. The number of hydrogen-bond acceptors (Lipinski definition) is 9. The molecule has 0 atom stereocenters. The molecule has 0 saturated heterocycles. The molecular formula is C36H36N4O5S2. The number of ketones is 1. The fourth-order valence-electron chi connectivity index (χ4n) is 6.92. The van der Waals surface area contributed by atoms with Crippen LogP contribution in [0.25, 0.3) is 54.1 Å². The van der Waals surface area contributed by atoms with E-state index in [0.29, 0.717) is 49.6 Å². The third kappa shape index (κ3) is 5.87. The Morgan fingerprint density at radius 3 is 2.57 bits per heavy atom. The zero-order chi connectivity index (χ0) is 33.0. The van der Waals surface area contributed by atoms with Crippen molar-refractivity contribution in [2.24, 2.45) is 5.92 Å². The van der Waals surface area contributed by atoms with Crippen LogP contribution >= 0.6 is 11.3 Å². The summed E-state index contributed by atoms with van der Waals surface area (Å²) in [6.07, 6.45) is 7.41. The standard InChI is InChI=1S/C36H36N4O5S2/c1-5-40(19-22-10-7-6-8-11-22)23-14-15-26-29(17-23)45-35-32(36-38-28-16-20(2)25(21(3)41)18-30(28)46-36)34(42)24-12-9-13-27(39-47(4,43)44)31(24)33(35)37-26/h9,12-18,22,39H,5-8,10-11,19H2,1-4H3. The van der Waals surface area contributed by atoms with Crippen molar-refractivity contribution in [1.82, 2.24) is 9.97 Å². The SMILES string of the molecule is CCN(CC1CCCCC1)c1ccc2nc3c4c(NS(C)(=O)=O)cccc4c(=O)c(-c4nc5cc(C)c(C(C)=O)cc5s4)c-3oc2c1. The number of nitrogens with one attached hydrogen (secondary N) is 1. The average Bonchev–Trinajstić information content (AvgIpc) is 3.44. The van der Waals surface area contributed by atoms with Gasteiger partial charge < -0.3 is 9.32 Å². The summed E-state index contributed by atoms with van der Waals surface area (Å²) in [6, 6.07) is 14.5. The Bertz CT molecular complexity index is 2340. The summed E-state index contributed by atoms with van der Waals surface area (Å²) >= 11 is 1.31. The van der Waals surface area contributed by atoms with Crippen molar-refractivity contribution in [3.8, 4) is 22.0 Å². The van der Waals surface area contributed by atoms with Gasteiger partial charge in [0.1, 0.15) is 21.8 Å². The predicted molar refractivity (Wildman–Crippen MR) is 191 cm³/mol. The number of carbonyl (C=O) groups excluding carboxylic acids is 1. The van der Waals surface area contributed by atoms with Gasteiger partial charge in [0, 0.05) is 41.2 Å². The molecule has 11 heteroatoms. The van der Waals surface area contributed by atoms with Crippen molar-refractivity contribution in [2.45, 2.75) is 52.9 Å². The van der Waals surface area contributed by atoms with Crippen molar-refractivity contribution in [1.29, 1.82) is 0 Å². The number of anilines is 2. The normalized spacial score (nSPS) is 14.4. The van der Waals surface area contributed by atoms with Gasteiger partial charge in [0.2, 0.25) is 15.5 Å². The van der Waals surface area contributed by atoms with Crippen LogP contribution in [0.1, 0.15) is 61.9 Å². The first-order valence-corrected chi connectivity index (χ1v) is 18.7. The third-order valence-electron chi connectivity index (χ3n) is 9.18. The van der Waals surface area contributed by atoms with Crippen LogP contribution in [0.2, 0.25) is 0 Å². The fourth-order valence-corrected chi connectivity index (χ4v) is 8.51. The number of benzene rings is 4. The highest BCUT2D eigenvalue weighted by Crippen LogP contribution is 2.43. The number of aromatic nitrogens is 2. The number of nitrogens with zero attached hydrogens (tertiary/aromatic N) is 3. The molecule has 242 valence electrons. The van der Waals surface area contributed by atoms with Gasteiger partial charge in [0.05, 0.1) is 22.2 Å². The van der Waals surface area contributed by atoms with Gasteiger partial charge in [-0.25, -0.2) is 18.4 Å². The zero-order valence-corrected chi connectivity index (χ0v) is 28.5. The lowest BCUT2D eigenvalue weighted by atomic mass is 9.89. The summed E-state index contributed by atoms with van der Waals surface area (Å²) in [5.74, 6) is 0.837. The van der Waals surface area contributed by atoms with Gasteiger partial charge in [-0.15, -0.1) is 11.3 Å². The quantitative estimate of drug-likeness (QED) is 0.0983. The monoisotopic (exact) mass is 668 g/mol. The number of hydrogen-bond donors (Lipinski definition) is 1. The van der Waals surface area contributed by atoms with Crippen molar-refractivity contribution in [3.63, 3.8) is 0 Å². The first-order chi connectivity index (χ1) is 22.5. The van der Waals surface area contributed by atoms with E-state index in [0.717, 1.165) is 35.3 Å². The molecule has 0 radical (unpaired) electrons. The molecule has 1 aliphatic heterocycles.